The van der Waals surface area contributed by atoms with Crippen LogP contribution < -0.4 is 15.4 Å². The molecule has 0 bridgehead atoms. The number of amidine groups is 1. The fraction of sp³-hybridized carbons (Fsp3) is 0.481. The van der Waals surface area contributed by atoms with Crippen molar-refractivity contribution in [3.8, 4) is 5.75 Å². The second kappa shape index (κ2) is 10.9. The van der Waals surface area contributed by atoms with Crippen molar-refractivity contribution in [2.45, 2.75) is 70.6 Å². The van der Waals surface area contributed by atoms with Gasteiger partial charge >= 0.3 is 0 Å². The van der Waals surface area contributed by atoms with Crippen molar-refractivity contribution in [1.29, 1.82) is 0 Å². The van der Waals surface area contributed by atoms with Gasteiger partial charge in [0.05, 0.1) is 5.69 Å². The molecule has 182 valence electrons. The van der Waals surface area contributed by atoms with E-state index in [4.69, 9.17) is 15.7 Å². The van der Waals surface area contributed by atoms with Crippen LogP contribution in [0.15, 0.2) is 53.7 Å². The number of hydrogen-bond donors (Lipinski definition) is 2. The minimum Gasteiger partial charge on any atom is -0.474 e. The van der Waals surface area contributed by atoms with Crippen LogP contribution in [-0.2, 0) is 4.79 Å². The number of para-hydroxylation sites is 2. The summed E-state index contributed by atoms with van der Waals surface area (Å²) in [6.07, 6.45) is 6.40. The van der Waals surface area contributed by atoms with E-state index < -0.39 is 6.10 Å². The van der Waals surface area contributed by atoms with Gasteiger partial charge in [0.25, 0.3) is 5.91 Å². The molecule has 1 unspecified atom stereocenters. The van der Waals surface area contributed by atoms with Crippen LogP contribution in [0, 0.1) is 0 Å². The van der Waals surface area contributed by atoms with Gasteiger partial charge in [-0.15, -0.1) is 0 Å². The average Bonchev–Trinajstić information content (AvgIpc) is 2.86. The molecule has 1 saturated heterocycles. The first-order valence-electron chi connectivity index (χ1n) is 12.4. The number of hydrogen-bond acceptors (Lipinski definition) is 5. The number of unbranched alkanes of at least 4 members (excludes halogenated alkanes) is 2. The number of nitrogens with two attached hydrogens (primary N) is 1. The molecule has 3 N–H and O–H groups in total. The zero-order chi connectivity index (χ0) is 24.1. The van der Waals surface area contributed by atoms with Crippen molar-refractivity contribution in [3.63, 3.8) is 0 Å². The monoisotopic (exact) mass is 464 g/mol. The van der Waals surface area contributed by atoms with Gasteiger partial charge in [-0.1, -0.05) is 54.4 Å². The third kappa shape index (κ3) is 5.20. The summed E-state index contributed by atoms with van der Waals surface area (Å²) in [5.41, 5.74) is 7.83. The van der Waals surface area contributed by atoms with Crippen LogP contribution in [-0.4, -0.2) is 47.0 Å². The van der Waals surface area contributed by atoms with E-state index in [-0.39, 0.29) is 11.7 Å². The average molecular weight is 465 g/mol. The molecule has 34 heavy (non-hydrogen) atoms. The fourth-order valence-electron chi connectivity index (χ4n) is 5.20. The van der Waals surface area contributed by atoms with E-state index in [1.54, 1.807) is 24.3 Å². The SMILES string of the molecule is C[C@@H]1CCC[C@H](C)N1CCCCCN1C(=O)C(c2ccc(/C(N)=N\O)cc2)Oc2ccccc21. The fourth-order valence-corrected chi connectivity index (χ4v) is 5.20. The Labute approximate surface area is 202 Å². The predicted octanol–water partition coefficient (Wildman–Crippen LogP) is 4.68. The summed E-state index contributed by atoms with van der Waals surface area (Å²) in [6, 6.07) is 16.1. The van der Waals surface area contributed by atoms with Gasteiger partial charge < -0.3 is 20.6 Å². The minimum atomic E-state index is -0.716. The second-order valence-electron chi connectivity index (χ2n) is 9.49. The molecule has 0 aliphatic carbocycles. The first-order chi connectivity index (χ1) is 16.5. The number of carbonyl (C=O) groups is 1. The lowest BCUT2D eigenvalue weighted by molar-refractivity contribution is -0.126. The summed E-state index contributed by atoms with van der Waals surface area (Å²) >= 11 is 0. The molecule has 1 fully saturated rings. The molecule has 0 saturated carbocycles. The van der Waals surface area contributed by atoms with Crippen LogP contribution in [0.4, 0.5) is 5.69 Å². The summed E-state index contributed by atoms with van der Waals surface area (Å²) < 4.78 is 6.11. The lowest BCUT2D eigenvalue weighted by Crippen LogP contribution is -2.44. The number of ether oxygens (including phenoxy) is 1. The molecule has 4 rings (SSSR count). The molecular weight excluding hydrogens is 428 g/mol. The van der Waals surface area contributed by atoms with Gasteiger partial charge in [-0.3, -0.25) is 9.69 Å². The van der Waals surface area contributed by atoms with Crippen LogP contribution in [0.2, 0.25) is 0 Å². The Kier molecular flexibility index (Phi) is 7.73. The third-order valence-corrected chi connectivity index (χ3v) is 7.18. The number of likely N-dealkylation sites (tertiary alicyclic amines) is 1. The lowest BCUT2D eigenvalue weighted by atomic mass is 9.97. The van der Waals surface area contributed by atoms with Gasteiger partial charge in [-0.25, -0.2) is 0 Å². The van der Waals surface area contributed by atoms with Gasteiger partial charge in [-0.05, 0) is 58.2 Å². The highest BCUT2D eigenvalue weighted by Crippen LogP contribution is 2.39. The molecule has 3 atom stereocenters. The highest BCUT2D eigenvalue weighted by atomic mass is 16.5. The zero-order valence-corrected chi connectivity index (χ0v) is 20.2. The van der Waals surface area contributed by atoms with Crippen LogP contribution in [0.5, 0.6) is 5.75 Å². The maximum absolute atomic E-state index is 13.5. The normalized spacial score (nSPS) is 23.5. The lowest BCUT2D eigenvalue weighted by Gasteiger charge is -2.39. The van der Waals surface area contributed by atoms with Crippen LogP contribution >= 0.6 is 0 Å². The summed E-state index contributed by atoms with van der Waals surface area (Å²) in [7, 11) is 0. The molecule has 0 aromatic heterocycles. The molecule has 2 aromatic rings. The quantitative estimate of drug-likeness (QED) is 0.195. The Morgan fingerprint density at radius 1 is 1.03 bits per heavy atom. The molecule has 2 aliphatic heterocycles. The number of piperidine rings is 1. The van der Waals surface area contributed by atoms with E-state index >= 15 is 0 Å². The number of benzene rings is 2. The number of oxime groups is 1. The highest BCUT2D eigenvalue weighted by molar-refractivity contribution is 6.01. The molecule has 0 spiro atoms. The first kappa shape index (κ1) is 24.1. The summed E-state index contributed by atoms with van der Waals surface area (Å²) in [5.74, 6) is 0.680. The van der Waals surface area contributed by atoms with Crippen molar-refractivity contribution >= 4 is 17.4 Å². The first-order valence-corrected chi connectivity index (χ1v) is 12.4. The number of fused-ring (bicyclic) bond motifs is 1. The standard InChI is InChI=1S/C27H36N4O3/c1-19-9-8-10-20(2)30(19)17-6-3-7-18-31-23-11-4-5-12-24(23)34-25(27(31)32)21-13-15-22(16-14-21)26(28)29-33/h4-5,11-16,19-20,25,33H,3,6-10,17-18H2,1-2H3,(H2,28,29)/t19-,20+,25?. The van der Waals surface area contributed by atoms with Crippen molar-refractivity contribution in [1.82, 2.24) is 4.90 Å². The number of amides is 1. The maximum Gasteiger partial charge on any atom is 0.272 e. The Balaban J connectivity index is 1.40. The van der Waals surface area contributed by atoms with Crippen LogP contribution in [0.25, 0.3) is 0 Å². The largest absolute Gasteiger partial charge is 0.474 e. The molecule has 1 amide bonds. The highest BCUT2D eigenvalue weighted by Gasteiger charge is 2.35. The molecule has 2 aromatic carbocycles. The number of carbonyl (C=O) groups excluding carboxylic acids is 1. The molecule has 7 heteroatoms. The predicted molar refractivity (Wildman–Crippen MR) is 134 cm³/mol. The van der Waals surface area contributed by atoms with Crippen molar-refractivity contribution < 1.29 is 14.7 Å². The van der Waals surface area contributed by atoms with Crippen LogP contribution in [0.1, 0.15) is 69.6 Å². The number of anilines is 1. The Morgan fingerprint density at radius 3 is 2.41 bits per heavy atom. The maximum atomic E-state index is 13.5. The van der Waals surface area contributed by atoms with Gasteiger partial charge in [-0.2, -0.15) is 0 Å². The van der Waals surface area contributed by atoms with Gasteiger partial charge in [0.1, 0.15) is 5.75 Å². The van der Waals surface area contributed by atoms with E-state index in [1.165, 1.54) is 19.3 Å². The van der Waals surface area contributed by atoms with Crippen LogP contribution in [0.3, 0.4) is 0 Å². The third-order valence-electron chi connectivity index (χ3n) is 7.18. The van der Waals surface area contributed by atoms with Gasteiger partial charge in [0.2, 0.25) is 6.10 Å². The summed E-state index contributed by atoms with van der Waals surface area (Å²) in [6.45, 7) is 6.49. The van der Waals surface area contributed by atoms with E-state index in [1.807, 2.05) is 29.2 Å². The van der Waals surface area contributed by atoms with E-state index in [2.05, 4.69) is 23.9 Å². The zero-order valence-electron chi connectivity index (χ0n) is 20.2. The Hall–Kier alpha value is -3.06. The van der Waals surface area contributed by atoms with Crippen molar-refractivity contribution in [3.05, 3.63) is 59.7 Å². The Morgan fingerprint density at radius 2 is 1.71 bits per heavy atom. The van der Waals surface area contributed by atoms with Gasteiger partial charge in [0, 0.05) is 29.8 Å². The summed E-state index contributed by atoms with van der Waals surface area (Å²) in [5, 5.41) is 11.9. The van der Waals surface area contributed by atoms with E-state index in [0.717, 1.165) is 37.1 Å². The molecule has 2 aliphatic rings. The van der Waals surface area contributed by atoms with Crippen molar-refractivity contribution in [2.24, 2.45) is 10.9 Å². The van der Waals surface area contributed by atoms with E-state index in [0.29, 0.717) is 29.9 Å². The van der Waals surface area contributed by atoms with Crippen molar-refractivity contribution in [2.75, 3.05) is 18.0 Å². The molecular formula is C27H36N4O3. The number of nitrogens with zero attached hydrogens (tertiary/aromatic N) is 3. The smallest absolute Gasteiger partial charge is 0.272 e. The number of rotatable bonds is 8. The minimum absolute atomic E-state index is 0.0303. The van der Waals surface area contributed by atoms with E-state index in [9.17, 15) is 4.79 Å². The summed E-state index contributed by atoms with van der Waals surface area (Å²) in [4.78, 5) is 18.0. The molecule has 2 heterocycles. The molecule has 0 radical (unpaired) electrons. The topological polar surface area (TPSA) is 91.4 Å². The molecule has 7 nitrogen and oxygen atoms in total. The van der Waals surface area contributed by atoms with Gasteiger partial charge in [0.15, 0.2) is 5.84 Å². The second-order valence-corrected chi connectivity index (χ2v) is 9.49. The Bertz CT molecular complexity index is 997.